The van der Waals surface area contributed by atoms with Crippen LogP contribution in [0.5, 0.6) is 0 Å². The van der Waals surface area contributed by atoms with E-state index >= 15 is 0 Å². The van der Waals surface area contributed by atoms with Crippen molar-refractivity contribution < 1.29 is 4.79 Å². The number of anilines is 2. The second-order valence-electron chi connectivity index (χ2n) is 4.57. The third kappa shape index (κ3) is 2.60. The molecule has 2 rings (SSSR count). The molecule has 3 N–H and O–H groups in total. The number of nitrogens with two attached hydrogens (primary N) is 1. The molecule has 1 aromatic heterocycles. The van der Waals surface area contributed by atoms with E-state index in [1.807, 2.05) is 11.0 Å². The second-order valence-corrected chi connectivity index (χ2v) is 4.57. The van der Waals surface area contributed by atoms with E-state index in [1.54, 1.807) is 13.1 Å². The number of hydrogen-bond acceptors (Lipinski definition) is 5. The van der Waals surface area contributed by atoms with Crippen LogP contribution in [0, 0.1) is 11.3 Å². The zero-order valence-electron chi connectivity index (χ0n) is 10.9. The van der Waals surface area contributed by atoms with Gasteiger partial charge in [0.05, 0.1) is 11.3 Å². The number of nitriles is 1. The molecule has 1 aliphatic rings. The molecule has 1 amide bonds. The van der Waals surface area contributed by atoms with E-state index in [2.05, 4.69) is 10.3 Å². The van der Waals surface area contributed by atoms with Crippen LogP contribution in [0.4, 0.5) is 11.5 Å². The largest absolute Gasteiger partial charge is 0.396 e. The molecule has 2 heterocycles. The molecule has 19 heavy (non-hydrogen) atoms. The summed E-state index contributed by atoms with van der Waals surface area (Å²) >= 11 is 0. The summed E-state index contributed by atoms with van der Waals surface area (Å²) in [5.74, 6) is 0.567. The average Bonchev–Trinajstić information content (AvgIpc) is 2.46. The third-order valence-corrected chi connectivity index (χ3v) is 3.35. The Morgan fingerprint density at radius 3 is 3.05 bits per heavy atom. The summed E-state index contributed by atoms with van der Waals surface area (Å²) in [5.41, 5.74) is 6.81. The standard InChI is InChI=1S/C13H17N5O/c1-16-13(19)11-4-2-3-5-18(11)12-10(15)6-9(7-14)8-17-12/h6,8,11H,2-5,15H2,1H3,(H,16,19). The van der Waals surface area contributed by atoms with Crippen molar-refractivity contribution in [3.63, 3.8) is 0 Å². The molecule has 0 aromatic carbocycles. The lowest BCUT2D eigenvalue weighted by Gasteiger charge is -2.35. The van der Waals surface area contributed by atoms with Gasteiger partial charge in [-0.05, 0) is 25.3 Å². The summed E-state index contributed by atoms with van der Waals surface area (Å²) in [6.07, 6.45) is 4.31. The molecule has 6 nitrogen and oxygen atoms in total. The number of carbonyl (C=O) groups excluding carboxylic acids is 1. The number of carbonyl (C=O) groups is 1. The van der Waals surface area contributed by atoms with E-state index in [4.69, 9.17) is 11.0 Å². The lowest BCUT2D eigenvalue weighted by Crippen LogP contribution is -2.49. The van der Waals surface area contributed by atoms with E-state index in [-0.39, 0.29) is 11.9 Å². The van der Waals surface area contributed by atoms with Crippen molar-refractivity contribution >= 4 is 17.4 Å². The maximum atomic E-state index is 11.9. The van der Waals surface area contributed by atoms with Crippen molar-refractivity contribution in [3.05, 3.63) is 17.8 Å². The number of nitrogens with zero attached hydrogens (tertiary/aromatic N) is 3. The monoisotopic (exact) mass is 259 g/mol. The zero-order chi connectivity index (χ0) is 13.8. The summed E-state index contributed by atoms with van der Waals surface area (Å²) in [4.78, 5) is 18.1. The molecule has 100 valence electrons. The van der Waals surface area contributed by atoms with Gasteiger partial charge in [-0.15, -0.1) is 0 Å². The van der Waals surface area contributed by atoms with Gasteiger partial charge < -0.3 is 16.0 Å². The van der Waals surface area contributed by atoms with Gasteiger partial charge in [0.15, 0.2) is 5.82 Å². The van der Waals surface area contributed by atoms with Crippen molar-refractivity contribution in [1.82, 2.24) is 10.3 Å². The van der Waals surface area contributed by atoms with E-state index in [9.17, 15) is 4.79 Å². The molecular formula is C13H17N5O. The zero-order valence-corrected chi connectivity index (χ0v) is 10.9. The second kappa shape index (κ2) is 5.57. The highest BCUT2D eigenvalue weighted by Gasteiger charge is 2.30. The van der Waals surface area contributed by atoms with Crippen LogP contribution < -0.4 is 16.0 Å². The van der Waals surface area contributed by atoms with Crippen LogP contribution in [0.25, 0.3) is 0 Å². The molecule has 1 atom stereocenters. The Morgan fingerprint density at radius 1 is 1.63 bits per heavy atom. The molecule has 0 bridgehead atoms. The number of amides is 1. The van der Waals surface area contributed by atoms with E-state index in [0.717, 1.165) is 25.8 Å². The van der Waals surface area contributed by atoms with Crippen LogP contribution in [0.2, 0.25) is 0 Å². The number of pyridine rings is 1. The smallest absolute Gasteiger partial charge is 0.242 e. The van der Waals surface area contributed by atoms with Crippen molar-refractivity contribution in [2.45, 2.75) is 25.3 Å². The van der Waals surface area contributed by atoms with Crippen LogP contribution >= 0.6 is 0 Å². The topological polar surface area (TPSA) is 95.0 Å². The number of likely N-dealkylation sites (N-methyl/N-ethyl adjacent to an activating group) is 1. The van der Waals surface area contributed by atoms with E-state index < -0.39 is 0 Å². The fraction of sp³-hybridized carbons (Fsp3) is 0.462. The molecule has 1 fully saturated rings. The van der Waals surface area contributed by atoms with E-state index in [1.165, 1.54) is 6.20 Å². The fourth-order valence-corrected chi connectivity index (χ4v) is 2.40. The lowest BCUT2D eigenvalue weighted by molar-refractivity contribution is -0.122. The van der Waals surface area contributed by atoms with Gasteiger partial charge in [0.2, 0.25) is 5.91 Å². The number of aromatic nitrogens is 1. The van der Waals surface area contributed by atoms with Gasteiger partial charge in [0.25, 0.3) is 0 Å². The van der Waals surface area contributed by atoms with Gasteiger partial charge in [0, 0.05) is 19.8 Å². The first kappa shape index (κ1) is 13.1. The van der Waals surface area contributed by atoms with Gasteiger partial charge in [0.1, 0.15) is 12.1 Å². The van der Waals surface area contributed by atoms with Crippen LogP contribution in [-0.2, 0) is 4.79 Å². The Bertz CT molecular complexity index is 522. The molecule has 1 aliphatic heterocycles. The maximum absolute atomic E-state index is 11.9. The van der Waals surface area contributed by atoms with Gasteiger partial charge in [-0.2, -0.15) is 5.26 Å². The number of piperidine rings is 1. The molecule has 6 heteroatoms. The van der Waals surface area contributed by atoms with Gasteiger partial charge >= 0.3 is 0 Å². The summed E-state index contributed by atoms with van der Waals surface area (Å²) in [6, 6.07) is 3.36. The van der Waals surface area contributed by atoms with Crippen LogP contribution in [-0.4, -0.2) is 30.5 Å². The first-order chi connectivity index (χ1) is 9.17. The quantitative estimate of drug-likeness (QED) is 0.812. The van der Waals surface area contributed by atoms with Gasteiger partial charge in [-0.1, -0.05) is 0 Å². The van der Waals surface area contributed by atoms with Crippen molar-refractivity contribution in [2.24, 2.45) is 0 Å². The first-order valence-electron chi connectivity index (χ1n) is 6.31. The van der Waals surface area contributed by atoms with Crippen molar-refractivity contribution in [2.75, 3.05) is 24.2 Å². The Labute approximate surface area is 112 Å². The number of hydrogen-bond donors (Lipinski definition) is 2. The van der Waals surface area contributed by atoms with Gasteiger partial charge in [-0.25, -0.2) is 4.98 Å². The van der Waals surface area contributed by atoms with Crippen molar-refractivity contribution in [3.8, 4) is 6.07 Å². The highest BCUT2D eigenvalue weighted by Crippen LogP contribution is 2.28. The Balaban J connectivity index is 2.32. The predicted octanol–water partition coefficient (Wildman–Crippen LogP) is 0.640. The molecule has 0 aliphatic carbocycles. The Hall–Kier alpha value is -2.29. The minimum absolute atomic E-state index is 0.0229. The molecule has 1 unspecified atom stereocenters. The van der Waals surface area contributed by atoms with Crippen LogP contribution in [0.15, 0.2) is 12.3 Å². The van der Waals surface area contributed by atoms with Crippen LogP contribution in [0.1, 0.15) is 24.8 Å². The Kier molecular flexibility index (Phi) is 3.85. The molecule has 0 spiro atoms. The number of nitrogen functional groups attached to an aromatic ring is 1. The van der Waals surface area contributed by atoms with Crippen molar-refractivity contribution in [1.29, 1.82) is 5.26 Å². The number of rotatable bonds is 2. The minimum atomic E-state index is -0.235. The van der Waals surface area contributed by atoms with Gasteiger partial charge in [-0.3, -0.25) is 4.79 Å². The SMILES string of the molecule is CNC(=O)C1CCCCN1c1ncc(C#N)cc1N. The molecule has 1 saturated heterocycles. The minimum Gasteiger partial charge on any atom is -0.396 e. The number of nitrogens with one attached hydrogen (secondary N) is 1. The maximum Gasteiger partial charge on any atom is 0.242 e. The highest BCUT2D eigenvalue weighted by molar-refractivity contribution is 5.86. The Morgan fingerprint density at radius 2 is 2.42 bits per heavy atom. The average molecular weight is 259 g/mol. The third-order valence-electron chi connectivity index (χ3n) is 3.35. The molecular weight excluding hydrogens is 242 g/mol. The van der Waals surface area contributed by atoms with Crippen LogP contribution in [0.3, 0.4) is 0 Å². The van der Waals surface area contributed by atoms with E-state index in [0.29, 0.717) is 17.1 Å². The first-order valence-corrected chi connectivity index (χ1v) is 6.31. The molecule has 0 saturated carbocycles. The summed E-state index contributed by atoms with van der Waals surface area (Å²) in [6.45, 7) is 0.751. The summed E-state index contributed by atoms with van der Waals surface area (Å²) in [7, 11) is 1.63. The fourth-order valence-electron chi connectivity index (χ4n) is 2.40. The normalized spacial score (nSPS) is 18.7. The lowest BCUT2D eigenvalue weighted by atomic mass is 10.0. The molecule has 1 aromatic rings. The predicted molar refractivity (Wildman–Crippen MR) is 72.4 cm³/mol. The summed E-state index contributed by atoms with van der Waals surface area (Å²) in [5, 5.41) is 11.5. The molecule has 0 radical (unpaired) electrons. The highest BCUT2D eigenvalue weighted by atomic mass is 16.2. The summed E-state index contributed by atoms with van der Waals surface area (Å²) < 4.78 is 0.